The van der Waals surface area contributed by atoms with Crippen LogP contribution in [0.25, 0.3) is 0 Å². The summed E-state index contributed by atoms with van der Waals surface area (Å²) >= 11 is 0. The third-order valence-electron chi connectivity index (χ3n) is 4.86. The quantitative estimate of drug-likeness (QED) is 0.520. The molecule has 0 amide bonds. The molecule has 1 aromatic rings. The average molecular weight is 338 g/mol. The van der Waals surface area contributed by atoms with Crippen molar-refractivity contribution in [3.63, 3.8) is 0 Å². The molecule has 2 unspecified atom stereocenters. The van der Waals surface area contributed by atoms with E-state index in [1.54, 1.807) is 18.5 Å². The molecule has 8 nitrogen and oxygen atoms in total. The van der Waals surface area contributed by atoms with E-state index in [9.17, 15) is 25.2 Å². The molecule has 3 rings (SSSR count). The first-order chi connectivity index (χ1) is 11.4. The van der Waals surface area contributed by atoms with Gasteiger partial charge in [-0.3, -0.25) is 4.90 Å². The molecule has 0 spiro atoms. The number of hydrogen-bond acceptors (Lipinski definition) is 7. The molecule has 0 radical (unpaired) electrons. The van der Waals surface area contributed by atoms with Crippen molar-refractivity contribution in [3.05, 3.63) is 30.1 Å². The first-order valence-electron chi connectivity index (χ1n) is 8.01. The smallest absolute Gasteiger partial charge is 0.292 e. The number of aliphatic hydroxyl groups is 3. The van der Waals surface area contributed by atoms with Crippen molar-refractivity contribution in [2.75, 3.05) is 13.6 Å². The molecule has 2 fully saturated rings. The molecule has 24 heavy (non-hydrogen) atoms. The summed E-state index contributed by atoms with van der Waals surface area (Å²) in [4.78, 5) is 13.3. The lowest BCUT2D eigenvalue weighted by Gasteiger charge is -2.37. The third-order valence-corrected chi connectivity index (χ3v) is 4.86. The maximum atomic E-state index is 11.1. The molecule has 132 valence electrons. The number of nitrogens with zero attached hydrogens (tertiary/aromatic N) is 2. The Morgan fingerprint density at radius 3 is 2.71 bits per heavy atom. The van der Waals surface area contributed by atoms with E-state index in [0.29, 0.717) is 0 Å². The Labute approximate surface area is 139 Å². The highest BCUT2D eigenvalue weighted by Gasteiger charge is 2.48. The lowest BCUT2D eigenvalue weighted by molar-refractivity contribution is -0.777. The van der Waals surface area contributed by atoms with Crippen LogP contribution in [0.15, 0.2) is 24.5 Å². The van der Waals surface area contributed by atoms with Gasteiger partial charge in [-0.25, -0.2) is 0 Å². The molecule has 0 saturated carbocycles. The maximum Gasteiger partial charge on any atom is 0.292 e. The van der Waals surface area contributed by atoms with Crippen LogP contribution < -0.4 is 9.67 Å². The zero-order valence-electron chi connectivity index (χ0n) is 13.4. The number of aliphatic carboxylic acids is 1. The topological polar surface area (TPSA) is 117 Å². The summed E-state index contributed by atoms with van der Waals surface area (Å²) in [5.74, 6) is -1.63. The number of likely N-dealkylation sites (tertiary alicyclic amines) is 1. The van der Waals surface area contributed by atoms with Gasteiger partial charge in [-0.15, -0.1) is 0 Å². The number of rotatable bonds is 3. The maximum absolute atomic E-state index is 11.1. The van der Waals surface area contributed by atoms with Gasteiger partial charge in [0.05, 0.1) is 5.97 Å². The molecule has 2 saturated heterocycles. The monoisotopic (exact) mass is 338 g/mol. The molecule has 6 atom stereocenters. The van der Waals surface area contributed by atoms with Gasteiger partial charge in [-0.05, 0) is 32.5 Å². The second kappa shape index (κ2) is 6.73. The normalized spacial score (nSPS) is 37.5. The fraction of sp³-hybridized carbons (Fsp3) is 0.625. The number of ether oxygens (including phenoxy) is 1. The number of carboxylic acid groups (broad SMARTS) is 1. The van der Waals surface area contributed by atoms with Gasteiger partial charge >= 0.3 is 0 Å². The van der Waals surface area contributed by atoms with Crippen LogP contribution in [0.1, 0.15) is 30.7 Å². The van der Waals surface area contributed by atoms with Crippen LogP contribution in [0.3, 0.4) is 0 Å². The Morgan fingerprint density at radius 2 is 2.08 bits per heavy atom. The molecule has 0 bridgehead atoms. The van der Waals surface area contributed by atoms with E-state index in [1.807, 2.05) is 13.1 Å². The highest BCUT2D eigenvalue weighted by atomic mass is 16.6. The lowest BCUT2D eigenvalue weighted by Crippen LogP contribution is -2.65. The summed E-state index contributed by atoms with van der Waals surface area (Å²) < 4.78 is 6.83. The standard InChI is InChI=1S/C16H22N2O6/c1-17-6-3-5-10(17)9-4-2-7-18(8-9)15-13(21)11(19)12(20)14(24-15)16(22)23/h2,4,7-8,10-15,19-21H,3,5-6H2,1H3/t10-,11?,12-,13-,14?,15+/m0/s1. The molecule has 3 N–H and O–H groups in total. The largest absolute Gasteiger partial charge is 0.547 e. The minimum Gasteiger partial charge on any atom is -0.547 e. The van der Waals surface area contributed by atoms with Crippen molar-refractivity contribution in [1.29, 1.82) is 0 Å². The number of pyridine rings is 1. The van der Waals surface area contributed by atoms with E-state index in [4.69, 9.17) is 4.74 Å². The van der Waals surface area contributed by atoms with Crippen molar-refractivity contribution in [1.82, 2.24) is 4.90 Å². The fourth-order valence-electron chi connectivity index (χ4n) is 3.50. The van der Waals surface area contributed by atoms with E-state index < -0.39 is 36.6 Å². The Balaban J connectivity index is 1.88. The van der Waals surface area contributed by atoms with Gasteiger partial charge in [0.1, 0.15) is 18.3 Å². The van der Waals surface area contributed by atoms with Crippen molar-refractivity contribution in [2.45, 2.75) is 49.5 Å². The Kier molecular flexibility index (Phi) is 4.84. The van der Waals surface area contributed by atoms with Crippen LogP contribution in [0.2, 0.25) is 0 Å². The molecular formula is C16H22N2O6. The second-order valence-corrected chi connectivity index (χ2v) is 6.46. The van der Waals surface area contributed by atoms with Gasteiger partial charge in [0.25, 0.3) is 6.23 Å². The second-order valence-electron chi connectivity index (χ2n) is 6.46. The zero-order valence-corrected chi connectivity index (χ0v) is 13.4. The van der Waals surface area contributed by atoms with Crippen LogP contribution in [0.4, 0.5) is 0 Å². The van der Waals surface area contributed by atoms with E-state index in [2.05, 4.69) is 4.90 Å². The highest BCUT2D eigenvalue weighted by Crippen LogP contribution is 2.30. The number of carbonyl (C=O) groups excluding carboxylic acids is 1. The number of carboxylic acids is 1. The predicted molar refractivity (Wildman–Crippen MR) is 78.2 cm³/mol. The number of aliphatic hydroxyl groups excluding tert-OH is 3. The van der Waals surface area contributed by atoms with Crippen molar-refractivity contribution < 1.29 is 34.5 Å². The van der Waals surface area contributed by atoms with E-state index in [1.165, 1.54) is 4.57 Å². The first-order valence-corrected chi connectivity index (χ1v) is 8.01. The van der Waals surface area contributed by atoms with Crippen LogP contribution in [-0.4, -0.2) is 64.2 Å². The van der Waals surface area contributed by atoms with E-state index in [0.717, 1.165) is 24.9 Å². The van der Waals surface area contributed by atoms with E-state index >= 15 is 0 Å². The van der Waals surface area contributed by atoms with Crippen molar-refractivity contribution >= 4 is 5.97 Å². The highest BCUT2D eigenvalue weighted by molar-refractivity contribution is 5.71. The Bertz CT molecular complexity index is 612. The minimum atomic E-state index is -1.74. The number of carbonyl (C=O) groups is 1. The van der Waals surface area contributed by atoms with Gasteiger partial charge in [-0.2, -0.15) is 4.57 Å². The summed E-state index contributed by atoms with van der Waals surface area (Å²) in [5, 5.41) is 41.0. The Morgan fingerprint density at radius 1 is 1.33 bits per heavy atom. The van der Waals surface area contributed by atoms with Crippen LogP contribution in [-0.2, 0) is 9.53 Å². The van der Waals surface area contributed by atoms with Crippen LogP contribution in [0.5, 0.6) is 0 Å². The molecule has 2 aliphatic rings. The summed E-state index contributed by atoms with van der Waals surface area (Å²) in [6.45, 7) is 1.000. The SMILES string of the molecule is CN1CCC[C@H]1c1ccc[n+]([C@@H]2OC(C(=O)[O-])[C@@H](O)C(O)[C@@H]2O)c1. The van der Waals surface area contributed by atoms with Gasteiger partial charge in [0, 0.05) is 17.7 Å². The van der Waals surface area contributed by atoms with Gasteiger partial charge in [0.2, 0.25) is 0 Å². The van der Waals surface area contributed by atoms with Gasteiger partial charge in [-0.1, -0.05) is 0 Å². The predicted octanol–water partition coefficient (Wildman–Crippen LogP) is -2.53. The van der Waals surface area contributed by atoms with Crippen LogP contribution >= 0.6 is 0 Å². The molecule has 1 aromatic heterocycles. The molecular weight excluding hydrogens is 316 g/mol. The first kappa shape index (κ1) is 17.2. The summed E-state index contributed by atoms with van der Waals surface area (Å²) in [7, 11) is 2.03. The lowest BCUT2D eigenvalue weighted by atomic mass is 9.97. The van der Waals surface area contributed by atoms with Crippen LogP contribution in [0, 0.1) is 0 Å². The molecule has 8 heteroatoms. The minimum absolute atomic E-state index is 0.241. The number of hydrogen-bond donors (Lipinski definition) is 3. The number of aromatic nitrogens is 1. The third kappa shape index (κ3) is 3.03. The fourth-order valence-corrected chi connectivity index (χ4v) is 3.50. The Hall–Kier alpha value is -1.58. The average Bonchev–Trinajstić information content (AvgIpc) is 2.99. The molecule has 3 heterocycles. The van der Waals surface area contributed by atoms with Crippen molar-refractivity contribution in [3.8, 4) is 0 Å². The van der Waals surface area contributed by atoms with Gasteiger partial charge in [0.15, 0.2) is 18.5 Å². The molecule has 0 aromatic carbocycles. The van der Waals surface area contributed by atoms with E-state index in [-0.39, 0.29) is 6.04 Å². The van der Waals surface area contributed by atoms with Crippen molar-refractivity contribution in [2.24, 2.45) is 0 Å². The summed E-state index contributed by atoms with van der Waals surface area (Å²) in [5.41, 5.74) is 1.01. The summed E-state index contributed by atoms with van der Waals surface area (Å²) in [6.07, 6.45) is -2.18. The van der Waals surface area contributed by atoms with Gasteiger partial charge < -0.3 is 30.0 Å². The molecule has 0 aliphatic carbocycles. The summed E-state index contributed by atoms with van der Waals surface area (Å²) in [6, 6.07) is 3.98. The molecule has 2 aliphatic heterocycles. The zero-order chi connectivity index (χ0) is 17.4.